The lowest BCUT2D eigenvalue weighted by molar-refractivity contribution is 0.411. The number of anilines is 1. The van der Waals surface area contributed by atoms with Crippen molar-refractivity contribution in [1.29, 1.82) is 0 Å². The van der Waals surface area contributed by atoms with E-state index in [0.717, 1.165) is 0 Å². The van der Waals surface area contributed by atoms with Gasteiger partial charge in [-0.1, -0.05) is 11.6 Å². The molecule has 0 saturated heterocycles. The molecule has 1 N–H and O–H groups in total. The number of methoxy groups -OCH3 is 1. The number of halogens is 2. The molecule has 0 aliphatic heterocycles. The number of sulfonamides is 1. The van der Waals surface area contributed by atoms with Crippen LogP contribution in [0.4, 0.5) is 5.82 Å². The second kappa shape index (κ2) is 5.99. The first kappa shape index (κ1) is 15.1. The van der Waals surface area contributed by atoms with Crippen molar-refractivity contribution in [2.75, 3.05) is 11.8 Å². The summed E-state index contributed by atoms with van der Waals surface area (Å²) in [4.78, 5) is 3.99. The van der Waals surface area contributed by atoms with Crippen molar-refractivity contribution in [3.63, 3.8) is 0 Å². The minimum absolute atomic E-state index is 0.0990. The lowest BCUT2D eigenvalue weighted by atomic mass is 10.3. The highest BCUT2D eigenvalue weighted by molar-refractivity contribution is 9.10. The Labute approximate surface area is 130 Å². The fourth-order valence-electron chi connectivity index (χ4n) is 1.45. The molecule has 2 rings (SSSR count). The maximum atomic E-state index is 12.2. The van der Waals surface area contributed by atoms with E-state index in [1.807, 2.05) is 0 Å². The molecular formula is C12H10BrClN2O3S. The average molecular weight is 378 g/mol. The monoisotopic (exact) mass is 376 g/mol. The summed E-state index contributed by atoms with van der Waals surface area (Å²) < 4.78 is 32.4. The van der Waals surface area contributed by atoms with Gasteiger partial charge in [0.15, 0.2) is 0 Å². The van der Waals surface area contributed by atoms with Gasteiger partial charge in [0.1, 0.15) is 11.6 Å². The summed E-state index contributed by atoms with van der Waals surface area (Å²) in [6, 6.07) is 7.50. The molecule has 0 saturated carbocycles. The number of aromatic nitrogens is 1. The van der Waals surface area contributed by atoms with Gasteiger partial charge in [0.2, 0.25) is 0 Å². The highest BCUT2D eigenvalue weighted by Crippen LogP contribution is 2.28. The third-order valence-corrected chi connectivity index (χ3v) is 4.60. The summed E-state index contributed by atoms with van der Waals surface area (Å²) in [5, 5.41) is 0.431. The van der Waals surface area contributed by atoms with Crippen LogP contribution in [0.25, 0.3) is 0 Å². The van der Waals surface area contributed by atoms with E-state index in [-0.39, 0.29) is 10.7 Å². The summed E-state index contributed by atoms with van der Waals surface area (Å²) in [6.07, 6.45) is 1.36. The third-order valence-electron chi connectivity index (χ3n) is 2.40. The molecule has 2 aromatic rings. The Bertz CT molecular complexity index is 720. The van der Waals surface area contributed by atoms with Gasteiger partial charge in [0.05, 0.1) is 21.5 Å². The fraction of sp³-hybridized carbons (Fsp3) is 0.0833. The number of ether oxygens (including phenoxy) is 1. The topological polar surface area (TPSA) is 68.3 Å². The van der Waals surface area contributed by atoms with E-state index in [0.29, 0.717) is 15.2 Å². The Morgan fingerprint density at radius 2 is 2.05 bits per heavy atom. The van der Waals surface area contributed by atoms with Crippen molar-refractivity contribution in [3.8, 4) is 5.75 Å². The van der Waals surface area contributed by atoms with Crippen molar-refractivity contribution in [2.24, 2.45) is 0 Å². The van der Waals surface area contributed by atoms with Crippen LogP contribution in [0.3, 0.4) is 0 Å². The second-order valence-electron chi connectivity index (χ2n) is 3.76. The van der Waals surface area contributed by atoms with Crippen LogP contribution < -0.4 is 9.46 Å². The number of benzene rings is 1. The van der Waals surface area contributed by atoms with Crippen LogP contribution >= 0.6 is 27.5 Å². The molecule has 1 aromatic carbocycles. The average Bonchev–Trinajstić information content (AvgIpc) is 2.41. The largest absolute Gasteiger partial charge is 0.496 e. The van der Waals surface area contributed by atoms with Crippen LogP contribution in [0.5, 0.6) is 5.75 Å². The Balaban J connectivity index is 2.30. The summed E-state index contributed by atoms with van der Waals surface area (Å²) in [5.74, 6) is 0.745. The molecule has 0 amide bonds. The third kappa shape index (κ3) is 3.41. The Morgan fingerprint density at radius 3 is 2.60 bits per heavy atom. The molecule has 8 heteroatoms. The van der Waals surface area contributed by atoms with Gasteiger partial charge >= 0.3 is 0 Å². The Kier molecular flexibility index (Phi) is 4.52. The zero-order valence-electron chi connectivity index (χ0n) is 10.3. The standard InChI is InChI=1S/C12H10BrClN2O3S/c1-19-11-4-3-9(6-10(11)13)20(17,18)16-12-5-2-8(14)7-15-12/h2-7H,1H3,(H,15,16). The number of pyridine rings is 1. The second-order valence-corrected chi connectivity index (χ2v) is 6.74. The van der Waals surface area contributed by atoms with Crippen LogP contribution in [0, 0.1) is 0 Å². The molecule has 20 heavy (non-hydrogen) atoms. The SMILES string of the molecule is COc1ccc(S(=O)(=O)Nc2ccc(Cl)cn2)cc1Br. The van der Waals surface area contributed by atoms with Gasteiger partial charge in [-0.05, 0) is 46.3 Å². The van der Waals surface area contributed by atoms with Gasteiger partial charge in [-0.25, -0.2) is 13.4 Å². The predicted molar refractivity (Wildman–Crippen MR) is 80.7 cm³/mol. The van der Waals surface area contributed by atoms with Crippen LogP contribution in [0.15, 0.2) is 45.9 Å². The first-order valence-electron chi connectivity index (χ1n) is 5.40. The first-order chi connectivity index (χ1) is 9.42. The summed E-state index contributed by atoms with van der Waals surface area (Å²) in [5.41, 5.74) is 0. The zero-order valence-corrected chi connectivity index (χ0v) is 13.5. The van der Waals surface area contributed by atoms with E-state index >= 15 is 0 Å². The number of nitrogens with zero attached hydrogens (tertiary/aromatic N) is 1. The van der Waals surface area contributed by atoms with Crippen molar-refractivity contribution in [3.05, 3.63) is 46.0 Å². The number of hydrogen-bond acceptors (Lipinski definition) is 4. The lowest BCUT2D eigenvalue weighted by Gasteiger charge is -2.09. The summed E-state index contributed by atoms with van der Waals surface area (Å²) >= 11 is 8.94. The Morgan fingerprint density at radius 1 is 1.30 bits per heavy atom. The van der Waals surface area contributed by atoms with Crippen LogP contribution in [0.1, 0.15) is 0 Å². The molecule has 1 aromatic heterocycles. The van der Waals surface area contributed by atoms with Crippen molar-refractivity contribution in [1.82, 2.24) is 4.98 Å². The van der Waals surface area contributed by atoms with Crippen LogP contribution in [0.2, 0.25) is 5.02 Å². The van der Waals surface area contributed by atoms with E-state index in [2.05, 4.69) is 25.6 Å². The lowest BCUT2D eigenvalue weighted by Crippen LogP contribution is -2.13. The summed E-state index contributed by atoms with van der Waals surface area (Å²) in [6.45, 7) is 0. The van der Waals surface area contributed by atoms with Gasteiger partial charge in [0.25, 0.3) is 10.0 Å². The molecule has 0 atom stereocenters. The molecule has 0 aliphatic rings. The molecular weight excluding hydrogens is 368 g/mol. The van der Waals surface area contributed by atoms with Crippen molar-refractivity contribution < 1.29 is 13.2 Å². The van der Waals surface area contributed by atoms with Crippen LogP contribution in [-0.4, -0.2) is 20.5 Å². The Hall–Kier alpha value is -1.31. The van der Waals surface area contributed by atoms with Gasteiger partial charge in [-0.2, -0.15) is 0 Å². The molecule has 5 nitrogen and oxygen atoms in total. The van der Waals surface area contributed by atoms with E-state index in [4.69, 9.17) is 16.3 Å². The number of nitrogens with one attached hydrogen (secondary N) is 1. The minimum Gasteiger partial charge on any atom is -0.496 e. The highest BCUT2D eigenvalue weighted by Gasteiger charge is 2.16. The van der Waals surface area contributed by atoms with E-state index in [1.54, 1.807) is 12.1 Å². The quantitative estimate of drug-likeness (QED) is 0.887. The van der Waals surface area contributed by atoms with Gasteiger partial charge in [-0.15, -0.1) is 0 Å². The fourth-order valence-corrected chi connectivity index (χ4v) is 3.29. The molecule has 1 heterocycles. The zero-order chi connectivity index (χ0) is 14.8. The molecule has 0 bridgehead atoms. The molecule has 0 spiro atoms. The smallest absolute Gasteiger partial charge is 0.263 e. The van der Waals surface area contributed by atoms with Gasteiger partial charge in [0, 0.05) is 6.20 Å². The summed E-state index contributed by atoms with van der Waals surface area (Å²) in [7, 11) is -2.21. The van der Waals surface area contributed by atoms with E-state index < -0.39 is 10.0 Å². The molecule has 0 fully saturated rings. The predicted octanol–water partition coefficient (Wildman–Crippen LogP) is 3.31. The first-order valence-corrected chi connectivity index (χ1v) is 8.06. The van der Waals surface area contributed by atoms with E-state index in [1.165, 1.54) is 31.5 Å². The normalized spacial score (nSPS) is 11.2. The van der Waals surface area contributed by atoms with Crippen LogP contribution in [-0.2, 0) is 10.0 Å². The minimum atomic E-state index is -3.71. The van der Waals surface area contributed by atoms with Gasteiger partial charge < -0.3 is 4.74 Å². The molecule has 0 aliphatic carbocycles. The van der Waals surface area contributed by atoms with Gasteiger partial charge in [-0.3, -0.25) is 4.72 Å². The molecule has 106 valence electrons. The highest BCUT2D eigenvalue weighted by atomic mass is 79.9. The maximum Gasteiger partial charge on any atom is 0.263 e. The van der Waals surface area contributed by atoms with Crippen molar-refractivity contribution >= 4 is 43.4 Å². The molecule has 0 radical (unpaired) electrons. The number of hydrogen-bond donors (Lipinski definition) is 1. The van der Waals surface area contributed by atoms with E-state index in [9.17, 15) is 8.42 Å². The number of rotatable bonds is 4. The maximum absolute atomic E-state index is 12.2. The molecule has 0 unspecified atom stereocenters. The van der Waals surface area contributed by atoms with Crippen molar-refractivity contribution in [2.45, 2.75) is 4.90 Å².